The molecule has 0 aliphatic carbocycles. The number of hydrogen-bond donors (Lipinski definition) is 1. The highest BCUT2D eigenvalue weighted by Crippen LogP contribution is 2.55. The molecule has 0 saturated carbocycles. The van der Waals surface area contributed by atoms with E-state index in [4.69, 9.17) is 20.6 Å². The Labute approximate surface area is 171 Å². The monoisotopic (exact) mass is 426 g/mol. The molecule has 0 bridgehead atoms. The SMILES string of the molecule is O=c1cc[nH]c2c1ccc1cc(P3(=O)OCC[C@H](c4cccc(Cl)c4)O3)cnc12. The van der Waals surface area contributed by atoms with Crippen molar-refractivity contribution in [3.63, 3.8) is 0 Å². The van der Waals surface area contributed by atoms with Crippen LogP contribution in [0.15, 0.2) is 65.7 Å². The topological polar surface area (TPSA) is 81.3 Å². The van der Waals surface area contributed by atoms with E-state index in [0.29, 0.717) is 39.8 Å². The summed E-state index contributed by atoms with van der Waals surface area (Å²) in [6.45, 7) is 0.303. The van der Waals surface area contributed by atoms with Crippen LogP contribution in [0, 0.1) is 0 Å². The molecular weight excluding hydrogens is 411 g/mol. The molecular formula is C21H16ClN2O4P. The van der Waals surface area contributed by atoms with E-state index in [1.165, 1.54) is 12.3 Å². The van der Waals surface area contributed by atoms with Crippen molar-refractivity contribution < 1.29 is 13.6 Å². The molecule has 1 N–H and O–H groups in total. The first-order valence-electron chi connectivity index (χ1n) is 9.13. The van der Waals surface area contributed by atoms with Gasteiger partial charge < -0.3 is 9.51 Å². The lowest BCUT2D eigenvalue weighted by molar-refractivity contribution is 0.0875. The van der Waals surface area contributed by atoms with E-state index in [1.54, 1.807) is 30.5 Å². The first-order chi connectivity index (χ1) is 14.0. The fraction of sp³-hybridized carbons (Fsp3) is 0.143. The lowest BCUT2D eigenvalue weighted by Gasteiger charge is -2.30. The molecule has 4 aromatic rings. The summed E-state index contributed by atoms with van der Waals surface area (Å²) in [6.07, 6.45) is 3.29. The Balaban J connectivity index is 1.56. The van der Waals surface area contributed by atoms with E-state index in [0.717, 1.165) is 10.9 Å². The third-order valence-electron chi connectivity index (χ3n) is 5.01. The van der Waals surface area contributed by atoms with Crippen LogP contribution in [0.5, 0.6) is 0 Å². The summed E-state index contributed by atoms with van der Waals surface area (Å²) < 4.78 is 25.0. The molecule has 6 nitrogen and oxygen atoms in total. The second kappa shape index (κ2) is 7.08. The van der Waals surface area contributed by atoms with Gasteiger partial charge in [0, 0.05) is 40.7 Å². The zero-order valence-corrected chi connectivity index (χ0v) is 16.8. The number of pyridine rings is 2. The summed E-state index contributed by atoms with van der Waals surface area (Å²) in [4.78, 5) is 19.6. The Hall–Kier alpha value is -2.50. The Morgan fingerprint density at radius 1 is 1.17 bits per heavy atom. The van der Waals surface area contributed by atoms with Crippen molar-refractivity contribution in [2.24, 2.45) is 0 Å². The molecule has 0 amide bonds. The Kier molecular flexibility index (Phi) is 4.52. The summed E-state index contributed by atoms with van der Waals surface area (Å²) in [6, 6.07) is 14.1. The van der Waals surface area contributed by atoms with E-state index in [9.17, 15) is 9.36 Å². The summed E-state index contributed by atoms with van der Waals surface area (Å²) in [5.74, 6) is 0. The minimum absolute atomic E-state index is 0.0809. The largest absolute Gasteiger partial charge is 0.363 e. The molecule has 3 heterocycles. The van der Waals surface area contributed by atoms with Crippen molar-refractivity contribution in [2.45, 2.75) is 12.5 Å². The second-order valence-corrected chi connectivity index (χ2v) is 9.28. The maximum Gasteiger partial charge on any atom is 0.363 e. The third-order valence-corrected chi connectivity index (χ3v) is 7.18. The van der Waals surface area contributed by atoms with E-state index in [-0.39, 0.29) is 11.5 Å². The summed E-state index contributed by atoms with van der Waals surface area (Å²) in [5.41, 5.74) is 2.04. The minimum atomic E-state index is -3.55. The van der Waals surface area contributed by atoms with E-state index in [2.05, 4.69) is 9.97 Å². The molecule has 146 valence electrons. The Morgan fingerprint density at radius 2 is 2.07 bits per heavy atom. The molecule has 5 rings (SSSR count). The van der Waals surface area contributed by atoms with Gasteiger partial charge in [-0.25, -0.2) is 0 Å². The van der Waals surface area contributed by atoms with Gasteiger partial charge in [0.05, 0.1) is 29.0 Å². The third kappa shape index (κ3) is 3.28. The summed E-state index contributed by atoms with van der Waals surface area (Å²) >= 11 is 6.09. The van der Waals surface area contributed by atoms with Crippen molar-refractivity contribution >= 4 is 46.3 Å². The maximum atomic E-state index is 13.5. The molecule has 8 heteroatoms. The standard InChI is InChI=1S/C21H16ClN2O4P/c22-15-3-1-2-13(10-15)19-7-9-27-29(26,28-19)16-11-14-4-5-17-18(25)6-8-23-21(17)20(14)24-12-16/h1-6,8,10-12,19H,7,9H2,(H,23,25)/t19-,29?/m1/s1. The van der Waals surface area contributed by atoms with Gasteiger partial charge in [0.1, 0.15) is 0 Å². The van der Waals surface area contributed by atoms with E-state index >= 15 is 0 Å². The number of halogens is 1. The fourth-order valence-corrected chi connectivity index (χ4v) is 5.52. The van der Waals surface area contributed by atoms with Gasteiger partial charge in [-0.3, -0.25) is 18.9 Å². The molecule has 1 aliphatic heterocycles. The fourth-order valence-electron chi connectivity index (χ4n) is 3.58. The van der Waals surface area contributed by atoms with Crippen LogP contribution in [0.4, 0.5) is 0 Å². The molecule has 1 unspecified atom stereocenters. The van der Waals surface area contributed by atoms with Gasteiger partial charge in [0.2, 0.25) is 0 Å². The smallest absolute Gasteiger partial charge is 0.359 e. The van der Waals surface area contributed by atoms with E-state index < -0.39 is 7.60 Å². The van der Waals surface area contributed by atoms with Gasteiger partial charge in [-0.15, -0.1) is 0 Å². The minimum Gasteiger partial charge on any atom is -0.359 e. The Morgan fingerprint density at radius 3 is 2.93 bits per heavy atom. The normalized spacial score (nSPS) is 22.2. The first-order valence-corrected chi connectivity index (χ1v) is 11.0. The molecule has 2 atom stereocenters. The summed E-state index contributed by atoms with van der Waals surface area (Å²) in [5, 5.41) is 2.28. The molecule has 0 spiro atoms. The molecule has 2 aromatic heterocycles. The van der Waals surface area contributed by atoms with Crippen LogP contribution in [-0.2, 0) is 13.6 Å². The van der Waals surface area contributed by atoms with Crippen LogP contribution >= 0.6 is 19.2 Å². The second-order valence-electron chi connectivity index (χ2n) is 6.86. The maximum absolute atomic E-state index is 13.5. The predicted octanol–water partition coefficient (Wildman–Crippen LogP) is 4.73. The zero-order chi connectivity index (χ0) is 20.0. The van der Waals surface area contributed by atoms with Gasteiger partial charge in [-0.05, 0) is 29.8 Å². The number of benzene rings is 2. The number of hydrogen-bond acceptors (Lipinski definition) is 5. The lowest BCUT2D eigenvalue weighted by Crippen LogP contribution is -2.20. The van der Waals surface area contributed by atoms with Crippen molar-refractivity contribution in [1.82, 2.24) is 9.97 Å². The van der Waals surface area contributed by atoms with Crippen molar-refractivity contribution in [3.8, 4) is 0 Å². The van der Waals surface area contributed by atoms with E-state index in [1.807, 2.05) is 18.2 Å². The number of aromatic nitrogens is 2. The van der Waals surface area contributed by atoms with Crippen molar-refractivity contribution in [3.05, 3.63) is 81.7 Å². The van der Waals surface area contributed by atoms with Crippen LogP contribution in [0.25, 0.3) is 21.8 Å². The average Bonchev–Trinajstić information content (AvgIpc) is 2.73. The summed E-state index contributed by atoms with van der Waals surface area (Å²) in [7, 11) is -3.55. The number of nitrogens with zero attached hydrogens (tertiary/aromatic N) is 1. The molecule has 1 aliphatic rings. The zero-order valence-electron chi connectivity index (χ0n) is 15.2. The highest BCUT2D eigenvalue weighted by Gasteiger charge is 2.36. The number of rotatable bonds is 2. The average molecular weight is 427 g/mol. The first kappa shape index (κ1) is 18.5. The number of fused-ring (bicyclic) bond motifs is 3. The highest BCUT2D eigenvalue weighted by atomic mass is 35.5. The van der Waals surface area contributed by atoms with Crippen LogP contribution in [0.3, 0.4) is 0 Å². The van der Waals surface area contributed by atoms with Crippen LogP contribution in [0.1, 0.15) is 18.1 Å². The van der Waals surface area contributed by atoms with Crippen molar-refractivity contribution in [1.29, 1.82) is 0 Å². The number of nitrogens with one attached hydrogen (secondary N) is 1. The van der Waals surface area contributed by atoms with Crippen LogP contribution < -0.4 is 10.7 Å². The van der Waals surface area contributed by atoms with Gasteiger partial charge in [0.25, 0.3) is 0 Å². The Bertz CT molecular complexity index is 1350. The number of H-pyrrole nitrogens is 1. The molecule has 0 radical (unpaired) electrons. The van der Waals surface area contributed by atoms with Gasteiger partial charge in [0.15, 0.2) is 5.43 Å². The number of aromatic amines is 1. The lowest BCUT2D eigenvalue weighted by atomic mass is 10.1. The van der Waals surface area contributed by atoms with Gasteiger partial charge in [-0.1, -0.05) is 29.8 Å². The van der Waals surface area contributed by atoms with Crippen LogP contribution in [0.2, 0.25) is 5.02 Å². The van der Waals surface area contributed by atoms with Gasteiger partial charge in [-0.2, -0.15) is 0 Å². The van der Waals surface area contributed by atoms with Crippen LogP contribution in [-0.4, -0.2) is 16.6 Å². The van der Waals surface area contributed by atoms with Crippen molar-refractivity contribution in [2.75, 3.05) is 6.61 Å². The molecule has 2 aromatic carbocycles. The quantitative estimate of drug-likeness (QED) is 0.370. The highest BCUT2D eigenvalue weighted by molar-refractivity contribution is 7.62. The molecule has 1 fully saturated rings. The van der Waals surface area contributed by atoms with Gasteiger partial charge >= 0.3 is 7.60 Å². The predicted molar refractivity (Wildman–Crippen MR) is 113 cm³/mol. The molecule has 1 saturated heterocycles. The molecule has 29 heavy (non-hydrogen) atoms.